The maximum absolute atomic E-state index is 13.0. The van der Waals surface area contributed by atoms with Crippen LogP contribution in [0.15, 0.2) is 47.6 Å². The first-order valence-corrected chi connectivity index (χ1v) is 9.96. The van der Waals surface area contributed by atoms with Crippen molar-refractivity contribution in [1.29, 1.82) is 5.26 Å². The number of nitriles is 1. The molecule has 2 unspecified atom stereocenters. The van der Waals surface area contributed by atoms with Crippen LogP contribution in [-0.2, 0) is 10.0 Å². The predicted octanol–water partition coefficient (Wildman–Crippen LogP) is 0.648. The summed E-state index contributed by atoms with van der Waals surface area (Å²) in [5.41, 5.74) is 1.12. The first-order valence-electron chi connectivity index (χ1n) is 8.52. The van der Waals surface area contributed by atoms with Gasteiger partial charge in [-0.25, -0.2) is 8.42 Å². The van der Waals surface area contributed by atoms with Crippen molar-refractivity contribution in [3.63, 3.8) is 0 Å². The second-order valence-electron chi connectivity index (χ2n) is 6.74. The van der Waals surface area contributed by atoms with Gasteiger partial charge in [-0.05, 0) is 42.8 Å². The Morgan fingerprint density at radius 3 is 2.52 bits per heavy atom. The molecule has 6 rings (SSSR count). The highest BCUT2D eigenvalue weighted by molar-refractivity contribution is 7.89. The monoisotopic (exact) mass is 381 g/mol. The summed E-state index contributed by atoms with van der Waals surface area (Å²) in [6.07, 6.45) is 2.39. The molecule has 0 N–H and O–H groups in total. The third-order valence-electron chi connectivity index (χ3n) is 5.16. The highest BCUT2D eigenvalue weighted by atomic mass is 32.2. The molecule has 3 aliphatic rings. The highest BCUT2D eigenvalue weighted by Crippen LogP contribution is 2.38. The average Bonchev–Trinajstić information content (AvgIpc) is 3.15. The fraction of sp³-hybridized carbons (Fsp3) is 0.294. The SMILES string of the molecule is N#Cc1ccc(S(=O)(=O)N2C3CC2CN(c2ccc4nncn4n2)C3)cc1. The minimum atomic E-state index is -3.57. The predicted molar refractivity (Wildman–Crippen MR) is 95.4 cm³/mol. The minimum absolute atomic E-state index is 0.0807. The number of hydrogen-bond acceptors (Lipinski definition) is 7. The van der Waals surface area contributed by atoms with Gasteiger partial charge < -0.3 is 4.90 Å². The van der Waals surface area contributed by atoms with Gasteiger partial charge in [-0.2, -0.15) is 14.1 Å². The molecule has 10 heteroatoms. The van der Waals surface area contributed by atoms with Gasteiger partial charge in [0.15, 0.2) is 5.65 Å². The van der Waals surface area contributed by atoms with E-state index >= 15 is 0 Å². The van der Waals surface area contributed by atoms with Crippen LogP contribution in [0.1, 0.15) is 12.0 Å². The fourth-order valence-corrected chi connectivity index (χ4v) is 5.68. The van der Waals surface area contributed by atoms with Gasteiger partial charge in [-0.3, -0.25) is 0 Å². The maximum Gasteiger partial charge on any atom is 0.243 e. The van der Waals surface area contributed by atoms with Crippen molar-refractivity contribution in [2.24, 2.45) is 0 Å². The number of piperidine rings is 1. The Balaban J connectivity index is 1.38. The quantitative estimate of drug-likeness (QED) is 0.655. The van der Waals surface area contributed by atoms with Crippen LogP contribution in [-0.4, -0.2) is 57.7 Å². The smallest absolute Gasteiger partial charge is 0.243 e. The number of aromatic nitrogens is 4. The van der Waals surface area contributed by atoms with Crippen LogP contribution in [0.3, 0.4) is 0 Å². The summed E-state index contributed by atoms with van der Waals surface area (Å²) in [5.74, 6) is 0.785. The van der Waals surface area contributed by atoms with Gasteiger partial charge in [0, 0.05) is 25.2 Å². The van der Waals surface area contributed by atoms with E-state index in [4.69, 9.17) is 5.26 Å². The molecule has 2 aromatic heterocycles. The van der Waals surface area contributed by atoms with Crippen LogP contribution in [0.2, 0.25) is 0 Å². The molecule has 1 aromatic carbocycles. The number of fused-ring (bicyclic) bond motifs is 3. The molecular weight excluding hydrogens is 366 g/mol. The molecule has 0 spiro atoms. The van der Waals surface area contributed by atoms with Crippen molar-refractivity contribution in [3.05, 3.63) is 48.3 Å². The number of nitrogens with zero attached hydrogens (tertiary/aromatic N) is 7. The van der Waals surface area contributed by atoms with Crippen molar-refractivity contribution in [2.75, 3.05) is 18.0 Å². The van der Waals surface area contributed by atoms with Gasteiger partial charge in [-0.15, -0.1) is 15.3 Å². The minimum Gasteiger partial charge on any atom is -0.352 e. The van der Waals surface area contributed by atoms with E-state index in [1.54, 1.807) is 15.1 Å². The molecule has 5 heterocycles. The summed E-state index contributed by atoms with van der Waals surface area (Å²) in [7, 11) is -3.57. The van der Waals surface area contributed by atoms with Crippen LogP contribution in [0.4, 0.5) is 5.82 Å². The lowest BCUT2D eigenvalue weighted by molar-refractivity contribution is 0.0873. The standard InChI is InChI=1S/C17H15N7O2S/c18-8-12-1-3-15(4-2-12)27(25,26)24-13-7-14(24)10-22(9-13)17-6-5-16-20-19-11-23(16)21-17/h1-6,11,13-14H,7,9-10H2. The summed E-state index contributed by atoms with van der Waals surface area (Å²) in [5, 5.41) is 21.2. The number of anilines is 1. The molecule has 3 fully saturated rings. The lowest BCUT2D eigenvalue weighted by Gasteiger charge is -2.55. The molecule has 0 radical (unpaired) electrons. The maximum atomic E-state index is 13.0. The molecule has 3 aromatic rings. The van der Waals surface area contributed by atoms with Crippen LogP contribution in [0.5, 0.6) is 0 Å². The summed E-state index contributed by atoms with van der Waals surface area (Å²) in [6, 6.07) is 11.6. The molecule has 2 atom stereocenters. The zero-order valence-electron chi connectivity index (χ0n) is 14.2. The average molecular weight is 381 g/mol. The van der Waals surface area contributed by atoms with Crippen LogP contribution in [0, 0.1) is 11.3 Å². The summed E-state index contributed by atoms with van der Waals surface area (Å²) in [4.78, 5) is 2.33. The molecule has 3 aliphatic heterocycles. The second-order valence-corrected chi connectivity index (χ2v) is 8.59. The van der Waals surface area contributed by atoms with Crippen molar-refractivity contribution >= 4 is 21.5 Å². The normalized spacial score (nSPS) is 22.4. The van der Waals surface area contributed by atoms with Crippen LogP contribution >= 0.6 is 0 Å². The molecule has 9 nitrogen and oxygen atoms in total. The third-order valence-corrected chi connectivity index (χ3v) is 7.18. The van der Waals surface area contributed by atoms with Gasteiger partial charge in [0.25, 0.3) is 0 Å². The van der Waals surface area contributed by atoms with Crippen molar-refractivity contribution < 1.29 is 8.42 Å². The number of sulfonamides is 1. The lowest BCUT2D eigenvalue weighted by Crippen LogP contribution is -2.70. The molecule has 3 saturated heterocycles. The highest BCUT2D eigenvalue weighted by Gasteiger charge is 2.51. The molecule has 136 valence electrons. The summed E-state index contributed by atoms with van der Waals surface area (Å²) < 4.78 is 29.2. The Morgan fingerprint density at radius 1 is 1.07 bits per heavy atom. The first-order chi connectivity index (χ1) is 13.1. The van der Waals surface area contributed by atoms with E-state index in [0.29, 0.717) is 24.3 Å². The summed E-state index contributed by atoms with van der Waals surface area (Å²) >= 11 is 0. The Kier molecular flexibility index (Phi) is 3.43. The van der Waals surface area contributed by atoms with E-state index in [0.717, 1.165) is 12.2 Å². The molecular formula is C17H15N7O2S. The Labute approximate surface area is 155 Å². The van der Waals surface area contributed by atoms with Gasteiger partial charge in [0.1, 0.15) is 12.1 Å². The Bertz CT molecular complexity index is 1150. The van der Waals surface area contributed by atoms with E-state index in [2.05, 4.69) is 20.2 Å². The number of benzene rings is 1. The zero-order chi connectivity index (χ0) is 18.6. The van der Waals surface area contributed by atoms with E-state index < -0.39 is 10.0 Å². The van der Waals surface area contributed by atoms with Gasteiger partial charge in [-0.1, -0.05) is 0 Å². The topological polar surface area (TPSA) is 107 Å². The van der Waals surface area contributed by atoms with Crippen molar-refractivity contribution in [2.45, 2.75) is 23.4 Å². The van der Waals surface area contributed by atoms with E-state index in [1.165, 1.54) is 24.3 Å². The molecule has 0 aliphatic carbocycles. The zero-order valence-corrected chi connectivity index (χ0v) is 15.0. The largest absolute Gasteiger partial charge is 0.352 e. The van der Waals surface area contributed by atoms with Crippen LogP contribution in [0.25, 0.3) is 5.65 Å². The first kappa shape index (κ1) is 16.2. The third kappa shape index (κ3) is 2.47. The van der Waals surface area contributed by atoms with E-state index in [-0.39, 0.29) is 17.0 Å². The van der Waals surface area contributed by atoms with E-state index in [9.17, 15) is 8.42 Å². The second kappa shape index (κ2) is 5.73. The van der Waals surface area contributed by atoms with Gasteiger partial charge in [0.05, 0.1) is 16.5 Å². The summed E-state index contributed by atoms with van der Waals surface area (Å²) in [6.45, 7) is 1.18. The number of hydrogen-bond donors (Lipinski definition) is 0. The number of piperazine rings is 1. The number of rotatable bonds is 3. The van der Waals surface area contributed by atoms with Crippen molar-refractivity contribution in [1.82, 2.24) is 24.1 Å². The Morgan fingerprint density at radius 2 is 1.81 bits per heavy atom. The van der Waals surface area contributed by atoms with Crippen molar-refractivity contribution in [3.8, 4) is 6.07 Å². The van der Waals surface area contributed by atoms with E-state index in [1.807, 2.05) is 18.2 Å². The van der Waals surface area contributed by atoms with Gasteiger partial charge in [0.2, 0.25) is 10.0 Å². The molecule has 2 bridgehead atoms. The lowest BCUT2D eigenvalue weighted by atomic mass is 9.91. The fourth-order valence-electron chi connectivity index (χ4n) is 3.87. The molecule has 27 heavy (non-hydrogen) atoms. The Hall–Kier alpha value is -3.03. The molecule has 0 amide bonds. The van der Waals surface area contributed by atoms with Gasteiger partial charge >= 0.3 is 0 Å². The molecule has 0 saturated carbocycles. The van der Waals surface area contributed by atoms with Crippen LogP contribution < -0.4 is 4.90 Å².